The molecule has 1 saturated heterocycles. The van der Waals surface area contributed by atoms with E-state index >= 15 is 0 Å². The molecule has 0 atom stereocenters. The van der Waals surface area contributed by atoms with E-state index in [9.17, 15) is 9.59 Å². The van der Waals surface area contributed by atoms with Gasteiger partial charge in [-0.3, -0.25) is 4.79 Å². The first-order valence-corrected chi connectivity index (χ1v) is 9.04. The Morgan fingerprint density at radius 1 is 0.958 bits per heavy atom. The Kier molecular flexibility index (Phi) is 5.72. The van der Waals surface area contributed by atoms with Crippen LogP contribution in [0.15, 0.2) is 30.3 Å². The second-order valence-electron chi connectivity index (χ2n) is 6.79. The van der Waals surface area contributed by atoms with E-state index in [1.165, 1.54) is 19.3 Å². The number of likely N-dealkylation sites (tertiary alicyclic amines) is 1. The predicted octanol–water partition coefficient (Wildman–Crippen LogP) is 3.35. The van der Waals surface area contributed by atoms with Crippen LogP contribution in [0.5, 0.6) is 5.75 Å². The summed E-state index contributed by atoms with van der Waals surface area (Å²) in [5.74, 6) is 0.968. The van der Waals surface area contributed by atoms with Crippen LogP contribution in [0, 0.1) is 5.92 Å². The van der Waals surface area contributed by atoms with Crippen molar-refractivity contribution >= 4 is 12.0 Å². The minimum absolute atomic E-state index is 0.181. The molecular formula is C19H26N2O3. The average molecular weight is 330 g/mol. The number of amides is 2. The van der Waals surface area contributed by atoms with Gasteiger partial charge in [0.2, 0.25) is 5.91 Å². The molecule has 1 heterocycles. The van der Waals surface area contributed by atoms with Crippen LogP contribution in [0.3, 0.4) is 0 Å². The van der Waals surface area contributed by atoms with Gasteiger partial charge in [-0.25, -0.2) is 4.79 Å². The van der Waals surface area contributed by atoms with Crippen LogP contribution in [0.2, 0.25) is 0 Å². The maximum absolute atomic E-state index is 12.3. The van der Waals surface area contributed by atoms with Gasteiger partial charge < -0.3 is 15.0 Å². The number of para-hydroxylation sites is 1. The van der Waals surface area contributed by atoms with Crippen molar-refractivity contribution in [3.8, 4) is 5.75 Å². The highest BCUT2D eigenvalue weighted by Gasteiger charge is 2.27. The van der Waals surface area contributed by atoms with Gasteiger partial charge in [0.25, 0.3) is 0 Å². The molecule has 2 fully saturated rings. The van der Waals surface area contributed by atoms with Crippen molar-refractivity contribution in [3.05, 3.63) is 30.3 Å². The molecular weight excluding hydrogens is 304 g/mol. The molecule has 0 unspecified atom stereocenters. The fraction of sp³-hybridized carbons (Fsp3) is 0.579. The molecule has 0 bridgehead atoms. The molecule has 1 aliphatic carbocycles. The zero-order valence-corrected chi connectivity index (χ0v) is 14.1. The molecule has 3 rings (SSSR count). The molecule has 1 N–H and O–H groups in total. The SMILES string of the molecule is O=C(NC1CCN(C(=O)Oc2ccccc2)CC1)C1CCCCC1. The Hall–Kier alpha value is -2.04. The maximum Gasteiger partial charge on any atom is 0.415 e. The van der Waals surface area contributed by atoms with Gasteiger partial charge in [-0.05, 0) is 37.8 Å². The number of ether oxygens (including phenoxy) is 1. The Morgan fingerprint density at radius 3 is 2.29 bits per heavy atom. The second kappa shape index (κ2) is 8.18. The van der Waals surface area contributed by atoms with Crippen LogP contribution in [0.1, 0.15) is 44.9 Å². The summed E-state index contributed by atoms with van der Waals surface area (Å²) in [6.07, 6.45) is 6.92. The van der Waals surface area contributed by atoms with Crippen molar-refractivity contribution in [2.45, 2.75) is 51.0 Å². The molecule has 0 aromatic heterocycles. The summed E-state index contributed by atoms with van der Waals surface area (Å²) in [6, 6.07) is 9.30. The lowest BCUT2D eigenvalue weighted by atomic mass is 9.88. The standard InChI is InChI=1S/C19H26N2O3/c22-18(15-7-3-1-4-8-15)20-16-11-13-21(14-12-16)19(23)24-17-9-5-2-6-10-17/h2,5-6,9-10,15-16H,1,3-4,7-8,11-14H2,(H,20,22). The molecule has 5 heteroatoms. The number of hydrogen-bond acceptors (Lipinski definition) is 3. The van der Waals surface area contributed by atoms with E-state index in [1.807, 2.05) is 18.2 Å². The van der Waals surface area contributed by atoms with Crippen LogP contribution in [-0.2, 0) is 4.79 Å². The molecule has 0 radical (unpaired) electrons. The van der Waals surface area contributed by atoms with Gasteiger partial charge in [0.15, 0.2) is 0 Å². The third kappa shape index (κ3) is 4.49. The minimum Gasteiger partial charge on any atom is -0.410 e. The molecule has 1 saturated carbocycles. The number of piperidine rings is 1. The summed E-state index contributed by atoms with van der Waals surface area (Å²) in [4.78, 5) is 26.2. The predicted molar refractivity (Wildman–Crippen MR) is 91.8 cm³/mol. The van der Waals surface area contributed by atoms with Gasteiger partial charge in [0.05, 0.1) is 0 Å². The second-order valence-corrected chi connectivity index (χ2v) is 6.79. The summed E-state index contributed by atoms with van der Waals surface area (Å²) in [7, 11) is 0. The molecule has 5 nitrogen and oxygen atoms in total. The summed E-state index contributed by atoms with van der Waals surface area (Å²) in [5.41, 5.74) is 0. The highest BCUT2D eigenvalue weighted by Crippen LogP contribution is 2.24. The van der Waals surface area contributed by atoms with Crippen LogP contribution in [0.25, 0.3) is 0 Å². The number of rotatable bonds is 3. The smallest absolute Gasteiger partial charge is 0.410 e. The maximum atomic E-state index is 12.3. The lowest BCUT2D eigenvalue weighted by Crippen LogP contribution is -2.48. The van der Waals surface area contributed by atoms with Gasteiger partial charge in [-0.2, -0.15) is 0 Å². The van der Waals surface area contributed by atoms with Gasteiger partial charge in [-0.1, -0.05) is 37.5 Å². The normalized spacial score (nSPS) is 19.8. The van der Waals surface area contributed by atoms with Crippen LogP contribution < -0.4 is 10.1 Å². The van der Waals surface area contributed by atoms with Crippen LogP contribution in [0.4, 0.5) is 4.79 Å². The molecule has 2 aliphatic rings. The van der Waals surface area contributed by atoms with E-state index in [2.05, 4.69) is 5.32 Å². The van der Waals surface area contributed by atoms with Crippen molar-refractivity contribution < 1.29 is 14.3 Å². The van der Waals surface area contributed by atoms with Gasteiger partial charge >= 0.3 is 6.09 Å². The number of nitrogens with zero attached hydrogens (tertiary/aromatic N) is 1. The Balaban J connectivity index is 1.42. The first-order chi connectivity index (χ1) is 11.7. The van der Waals surface area contributed by atoms with Crippen molar-refractivity contribution in [1.82, 2.24) is 10.2 Å². The van der Waals surface area contributed by atoms with Gasteiger partial charge in [0.1, 0.15) is 5.75 Å². The van der Waals surface area contributed by atoms with E-state index < -0.39 is 0 Å². The van der Waals surface area contributed by atoms with Crippen molar-refractivity contribution in [3.63, 3.8) is 0 Å². The minimum atomic E-state index is -0.307. The average Bonchev–Trinajstić information content (AvgIpc) is 2.64. The zero-order valence-electron chi connectivity index (χ0n) is 14.1. The zero-order chi connectivity index (χ0) is 16.8. The first-order valence-electron chi connectivity index (χ1n) is 9.04. The quantitative estimate of drug-likeness (QED) is 0.924. The topological polar surface area (TPSA) is 58.6 Å². The Morgan fingerprint density at radius 2 is 1.62 bits per heavy atom. The Bertz CT molecular complexity index is 547. The highest BCUT2D eigenvalue weighted by molar-refractivity contribution is 5.79. The molecule has 0 spiro atoms. The molecule has 24 heavy (non-hydrogen) atoms. The summed E-state index contributed by atoms with van der Waals surface area (Å²) < 4.78 is 5.37. The third-order valence-corrected chi connectivity index (χ3v) is 5.02. The van der Waals surface area contributed by atoms with Crippen molar-refractivity contribution in [1.29, 1.82) is 0 Å². The van der Waals surface area contributed by atoms with Gasteiger partial charge in [-0.15, -0.1) is 0 Å². The summed E-state index contributed by atoms with van der Waals surface area (Å²) >= 11 is 0. The number of nitrogens with one attached hydrogen (secondary N) is 1. The third-order valence-electron chi connectivity index (χ3n) is 5.02. The molecule has 2 amide bonds. The number of carbonyl (C=O) groups excluding carboxylic acids is 2. The monoisotopic (exact) mass is 330 g/mol. The fourth-order valence-corrected chi connectivity index (χ4v) is 3.54. The van der Waals surface area contributed by atoms with E-state index in [0.29, 0.717) is 18.8 Å². The van der Waals surface area contributed by atoms with Gasteiger partial charge in [0, 0.05) is 25.0 Å². The van der Waals surface area contributed by atoms with Crippen molar-refractivity contribution in [2.24, 2.45) is 5.92 Å². The van der Waals surface area contributed by atoms with E-state index in [-0.39, 0.29) is 24.0 Å². The van der Waals surface area contributed by atoms with Crippen LogP contribution in [-0.4, -0.2) is 36.0 Å². The number of carbonyl (C=O) groups is 2. The lowest BCUT2D eigenvalue weighted by molar-refractivity contribution is -0.126. The van der Waals surface area contributed by atoms with E-state index in [0.717, 1.165) is 25.7 Å². The molecule has 1 aromatic rings. The summed E-state index contributed by atoms with van der Waals surface area (Å²) in [6.45, 7) is 1.25. The Labute approximate surface area is 143 Å². The molecule has 1 aliphatic heterocycles. The largest absolute Gasteiger partial charge is 0.415 e. The number of hydrogen-bond donors (Lipinski definition) is 1. The van der Waals surface area contributed by atoms with Crippen LogP contribution >= 0.6 is 0 Å². The molecule has 130 valence electrons. The fourth-order valence-electron chi connectivity index (χ4n) is 3.54. The van der Waals surface area contributed by atoms with E-state index in [4.69, 9.17) is 4.74 Å². The number of benzene rings is 1. The molecule has 1 aromatic carbocycles. The van der Waals surface area contributed by atoms with E-state index in [1.54, 1.807) is 17.0 Å². The lowest BCUT2D eigenvalue weighted by Gasteiger charge is -2.32. The highest BCUT2D eigenvalue weighted by atomic mass is 16.6. The van der Waals surface area contributed by atoms with Crippen molar-refractivity contribution in [2.75, 3.05) is 13.1 Å². The first kappa shape index (κ1) is 16.8. The summed E-state index contributed by atoms with van der Waals surface area (Å²) in [5, 5.41) is 3.18.